The first kappa shape index (κ1) is 12.7. The summed E-state index contributed by atoms with van der Waals surface area (Å²) < 4.78 is 6.05. The van der Waals surface area contributed by atoms with E-state index in [2.05, 4.69) is 21.9 Å². The second kappa shape index (κ2) is 4.36. The fraction of sp³-hybridized carbons (Fsp3) is 0.308. The molecule has 0 atom stereocenters. The first-order valence-corrected chi connectivity index (χ1v) is 6.71. The molecule has 0 aliphatic rings. The van der Waals surface area contributed by atoms with E-state index in [9.17, 15) is 0 Å². The molecule has 104 valence electrons. The maximum Gasteiger partial charge on any atom is 0.237 e. The van der Waals surface area contributed by atoms with Crippen LogP contribution in [-0.4, -0.2) is 35.1 Å². The quantitative estimate of drug-likeness (QED) is 0.624. The molecule has 3 rings (SSSR count). The van der Waals surface area contributed by atoms with E-state index in [0.29, 0.717) is 0 Å². The summed E-state index contributed by atoms with van der Waals surface area (Å²) in [7, 11) is 4.00. The third-order valence-corrected chi connectivity index (χ3v) is 3.99. The summed E-state index contributed by atoms with van der Waals surface area (Å²) in [6, 6.07) is 2.01. The van der Waals surface area contributed by atoms with Crippen LogP contribution in [0.4, 0.5) is 0 Å². The van der Waals surface area contributed by atoms with Gasteiger partial charge in [0.15, 0.2) is 0 Å². The van der Waals surface area contributed by atoms with Crippen molar-refractivity contribution in [3.05, 3.63) is 42.7 Å². The van der Waals surface area contributed by atoms with E-state index in [-0.39, 0.29) is 0 Å². The van der Waals surface area contributed by atoms with Crippen LogP contribution < -0.4 is 11.4 Å². The van der Waals surface area contributed by atoms with Crippen LogP contribution in [0.25, 0.3) is 0 Å². The molecule has 0 saturated carbocycles. The SMILES string of the molecule is Cc1ccn([B-](C)(c2nccn2C)c2nccn2C)n1. The topological polar surface area (TPSA) is 53.5 Å². The number of hydrogen-bond donors (Lipinski definition) is 0. The minimum atomic E-state index is -1.35. The molecule has 7 heteroatoms. The molecular weight excluding hydrogens is 251 g/mol. The summed E-state index contributed by atoms with van der Waals surface area (Å²) in [6.07, 6.45) is 8.18. The zero-order valence-electron chi connectivity index (χ0n) is 12.2. The van der Waals surface area contributed by atoms with E-state index in [1.807, 2.05) is 71.8 Å². The predicted octanol–water partition coefficient (Wildman–Crippen LogP) is -0.104. The highest BCUT2D eigenvalue weighted by atomic mass is 15.3. The van der Waals surface area contributed by atoms with Gasteiger partial charge in [-0.15, -0.1) is 0 Å². The van der Waals surface area contributed by atoms with E-state index in [4.69, 9.17) is 0 Å². The van der Waals surface area contributed by atoms with Crippen LogP contribution in [0.15, 0.2) is 37.1 Å². The Morgan fingerprint density at radius 1 is 0.950 bits per heavy atom. The molecule has 0 amide bonds. The van der Waals surface area contributed by atoms with Crippen molar-refractivity contribution in [1.29, 1.82) is 0 Å². The molecule has 3 heterocycles. The lowest BCUT2D eigenvalue weighted by molar-refractivity contribution is 0.868. The van der Waals surface area contributed by atoms with Gasteiger partial charge >= 0.3 is 0 Å². The van der Waals surface area contributed by atoms with Crippen molar-refractivity contribution in [3.63, 3.8) is 0 Å². The number of aromatic nitrogens is 6. The molecule has 6 nitrogen and oxygen atoms in total. The maximum absolute atomic E-state index is 4.61. The van der Waals surface area contributed by atoms with Crippen molar-refractivity contribution < 1.29 is 0 Å². The molecule has 0 aliphatic heterocycles. The van der Waals surface area contributed by atoms with Gasteiger partial charge in [0, 0.05) is 38.9 Å². The van der Waals surface area contributed by atoms with E-state index < -0.39 is 6.28 Å². The van der Waals surface area contributed by atoms with Gasteiger partial charge in [0.05, 0.1) is 5.69 Å². The van der Waals surface area contributed by atoms with Crippen molar-refractivity contribution in [2.45, 2.75) is 13.7 Å². The number of imidazole rings is 2. The van der Waals surface area contributed by atoms with Gasteiger partial charge in [-0.3, -0.25) is 9.97 Å². The Kier molecular flexibility index (Phi) is 2.77. The van der Waals surface area contributed by atoms with Crippen molar-refractivity contribution in [2.75, 3.05) is 0 Å². The summed E-state index contributed by atoms with van der Waals surface area (Å²) in [6.45, 7) is 4.14. The van der Waals surface area contributed by atoms with Crippen LogP contribution in [0, 0.1) is 6.92 Å². The first-order chi connectivity index (χ1) is 9.53. The highest BCUT2D eigenvalue weighted by Gasteiger charge is 2.33. The van der Waals surface area contributed by atoms with E-state index in [1.165, 1.54) is 0 Å². The normalized spacial score (nSPS) is 12.0. The molecule has 3 aromatic heterocycles. The Balaban J connectivity index is 2.29. The number of nitrogens with zero attached hydrogens (tertiary/aromatic N) is 6. The van der Waals surface area contributed by atoms with Gasteiger partial charge in [0.1, 0.15) is 0 Å². The fourth-order valence-corrected chi connectivity index (χ4v) is 2.91. The molecule has 0 radical (unpaired) electrons. The maximum atomic E-state index is 4.61. The third-order valence-electron chi connectivity index (χ3n) is 3.99. The molecule has 0 unspecified atom stereocenters. The highest BCUT2D eigenvalue weighted by molar-refractivity contribution is 6.98. The van der Waals surface area contributed by atoms with Crippen LogP contribution in [0.5, 0.6) is 0 Å². The zero-order chi connectivity index (χ0) is 14.3. The molecule has 0 fully saturated rings. The van der Waals surface area contributed by atoms with Crippen LogP contribution in [0.1, 0.15) is 5.69 Å². The van der Waals surface area contributed by atoms with Gasteiger partial charge in [-0.2, -0.15) is 6.82 Å². The second-order valence-corrected chi connectivity index (χ2v) is 5.47. The lowest BCUT2D eigenvalue weighted by Gasteiger charge is -2.36. The van der Waals surface area contributed by atoms with Gasteiger partial charge in [0.2, 0.25) is 6.28 Å². The van der Waals surface area contributed by atoms with Gasteiger partial charge in [-0.05, 0) is 30.6 Å². The summed E-state index contributed by atoms with van der Waals surface area (Å²) in [5, 5.41) is 4.61. The van der Waals surface area contributed by atoms with Gasteiger partial charge in [-0.1, -0.05) is 0 Å². The van der Waals surface area contributed by atoms with E-state index in [0.717, 1.165) is 17.1 Å². The van der Waals surface area contributed by atoms with Crippen LogP contribution in [0.2, 0.25) is 6.82 Å². The van der Waals surface area contributed by atoms with Crippen LogP contribution in [0.3, 0.4) is 0 Å². The van der Waals surface area contributed by atoms with Gasteiger partial charge < -0.3 is 13.7 Å². The Labute approximate surface area is 118 Å². The molecule has 0 spiro atoms. The van der Waals surface area contributed by atoms with Crippen molar-refractivity contribution in [3.8, 4) is 0 Å². The molecule has 0 aliphatic carbocycles. The minimum absolute atomic E-state index is 0.961. The standard InChI is InChI=1S/C13H18BN6/c1-11-5-8-20(17-11)14(2,12-15-6-9-18(12)3)13-16-7-10-19(13)4/h5-10H,1-4H3/q-1. The summed E-state index contributed by atoms with van der Waals surface area (Å²) in [4.78, 5) is 9.09. The lowest BCUT2D eigenvalue weighted by Crippen LogP contribution is -2.67. The largest absolute Gasteiger partial charge is 0.429 e. The van der Waals surface area contributed by atoms with Gasteiger partial charge in [-0.25, -0.2) is 5.10 Å². The monoisotopic (exact) mass is 269 g/mol. The Bertz CT molecular complexity index is 697. The fourth-order valence-electron chi connectivity index (χ4n) is 2.91. The smallest absolute Gasteiger partial charge is 0.237 e. The second-order valence-electron chi connectivity index (χ2n) is 5.47. The number of rotatable bonds is 3. The number of aryl methyl sites for hydroxylation is 3. The lowest BCUT2D eigenvalue weighted by atomic mass is 9.35. The zero-order valence-corrected chi connectivity index (χ0v) is 12.2. The molecule has 3 aromatic rings. The Hall–Kier alpha value is -2.31. The van der Waals surface area contributed by atoms with Crippen molar-refractivity contribution in [1.82, 2.24) is 28.8 Å². The molecule has 20 heavy (non-hydrogen) atoms. The number of hydrogen-bond acceptors (Lipinski definition) is 3. The predicted molar refractivity (Wildman–Crippen MR) is 79.7 cm³/mol. The van der Waals surface area contributed by atoms with Crippen LogP contribution >= 0.6 is 0 Å². The molecule has 0 N–H and O–H groups in total. The molecular formula is C13H18BN6-. The van der Waals surface area contributed by atoms with Crippen molar-refractivity contribution in [2.24, 2.45) is 14.1 Å². The summed E-state index contributed by atoms with van der Waals surface area (Å²) in [5.41, 5.74) is 2.91. The first-order valence-electron chi connectivity index (χ1n) is 6.71. The molecule has 0 saturated heterocycles. The summed E-state index contributed by atoms with van der Waals surface area (Å²) in [5.74, 6) is 0. The highest BCUT2D eigenvalue weighted by Crippen LogP contribution is 2.07. The summed E-state index contributed by atoms with van der Waals surface area (Å²) >= 11 is 0. The molecule has 0 bridgehead atoms. The van der Waals surface area contributed by atoms with Crippen LogP contribution in [-0.2, 0) is 14.1 Å². The Morgan fingerprint density at radius 3 is 1.85 bits per heavy atom. The van der Waals surface area contributed by atoms with Crippen molar-refractivity contribution >= 4 is 17.7 Å². The minimum Gasteiger partial charge on any atom is -0.429 e. The average molecular weight is 269 g/mol. The average Bonchev–Trinajstić information content (AvgIpc) is 3.10. The Morgan fingerprint density at radius 2 is 1.50 bits per heavy atom. The van der Waals surface area contributed by atoms with Gasteiger partial charge in [0.25, 0.3) is 0 Å². The molecule has 0 aromatic carbocycles. The third kappa shape index (κ3) is 1.70. The van der Waals surface area contributed by atoms with E-state index in [1.54, 1.807) is 0 Å². The van der Waals surface area contributed by atoms with E-state index >= 15 is 0 Å².